The van der Waals surface area contributed by atoms with Gasteiger partial charge in [0.05, 0.1) is 16.1 Å². The summed E-state index contributed by atoms with van der Waals surface area (Å²) < 4.78 is 25.7. The van der Waals surface area contributed by atoms with Crippen LogP contribution in [0.4, 0.5) is 11.4 Å². The number of rotatable bonds is 6. The van der Waals surface area contributed by atoms with Gasteiger partial charge < -0.3 is 15.3 Å². The number of fused-ring (bicyclic) bond motifs is 1. The summed E-state index contributed by atoms with van der Waals surface area (Å²) in [4.78, 5) is 2.93. The van der Waals surface area contributed by atoms with Gasteiger partial charge in [0.2, 0.25) is 15.9 Å². The zero-order chi connectivity index (χ0) is 19.4. The summed E-state index contributed by atoms with van der Waals surface area (Å²) in [5.41, 5.74) is 2.25. The molecule has 0 spiro atoms. The van der Waals surface area contributed by atoms with E-state index in [0.717, 1.165) is 5.56 Å². The number of H-pyrrole nitrogens is 1. The highest BCUT2D eigenvalue weighted by molar-refractivity contribution is 7.89. The molecule has 0 atom stereocenters. The first-order valence-corrected chi connectivity index (χ1v) is 9.37. The number of aromatic nitrogens is 1. The first-order chi connectivity index (χ1) is 12.9. The van der Waals surface area contributed by atoms with E-state index >= 15 is 0 Å². The summed E-state index contributed by atoms with van der Waals surface area (Å²) in [6.45, 7) is 0. The molecule has 3 aromatic rings. The maximum atomic E-state index is 11.7. The minimum atomic E-state index is -3.52. The van der Waals surface area contributed by atoms with Crippen molar-refractivity contribution in [1.82, 2.24) is 9.71 Å². The van der Waals surface area contributed by atoms with E-state index in [-0.39, 0.29) is 16.5 Å². The molecule has 2 aromatic carbocycles. The van der Waals surface area contributed by atoms with Crippen LogP contribution in [0.2, 0.25) is 0 Å². The van der Waals surface area contributed by atoms with E-state index in [9.17, 15) is 13.5 Å². The Bertz CT molecular complexity index is 1120. The van der Waals surface area contributed by atoms with E-state index in [4.69, 9.17) is 5.21 Å². The molecule has 10 heteroatoms. The molecule has 9 nitrogen and oxygen atoms in total. The van der Waals surface area contributed by atoms with Crippen molar-refractivity contribution in [3.8, 4) is 5.88 Å². The van der Waals surface area contributed by atoms with Crippen molar-refractivity contribution < 1.29 is 18.7 Å². The van der Waals surface area contributed by atoms with Crippen molar-refractivity contribution in [2.24, 2.45) is 15.4 Å². The van der Waals surface area contributed by atoms with Gasteiger partial charge in [-0.2, -0.15) is 5.11 Å². The Morgan fingerprint density at radius 2 is 1.89 bits per heavy atom. The van der Waals surface area contributed by atoms with E-state index in [1.807, 2.05) is 12.1 Å². The molecular weight excluding hydrogens is 370 g/mol. The van der Waals surface area contributed by atoms with Crippen LogP contribution in [0.25, 0.3) is 10.9 Å². The number of aromatic amines is 1. The Balaban J connectivity index is 1.92. The third kappa shape index (κ3) is 3.96. The molecule has 140 valence electrons. The lowest BCUT2D eigenvalue weighted by molar-refractivity contribution is 0.321. The average molecular weight is 387 g/mol. The molecule has 4 N–H and O–H groups in total. The van der Waals surface area contributed by atoms with Crippen LogP contribution in [-0.2, 0) is 16.4 Å². The largest absolute Gasteiger partial charge is 0.493 e. The maximum absolute atomic E-state index is 11.7. The molecule has 1 aromatic heterocycles. The van der Waals surface area contributed by atoms with Crippen molar-refractivity contribution in [3.05, 3.63) is 48.0 Å². The van der Waals surface area contributed by atoms with E-state index < -0.39 is 10.0 Å². The van der Waals surface area contributed by atoms with Crippen LogP contribution in [0, 0.1) is 0 Å². The number of nitrogens with one attached hydrogen (secondary N) is 2. The molecule has 3 rings (SSSR count). The van der Waals surface area contributed by atoms with Gasteiger partial charge in [0.1, 0.15) is 0 Å². The second-order valence-corrected chi connectivity index (χ2v) is 7.49. The van der Waals surface area contributed by atoms with Crippen molar-refractivity contribution in [2.75, 3.05) is 7.05 Å². The fourth-order valence-corrected chi connectivity index (χ4v) is 3.23. The number of nitrogens with zero attached hydrogens (tertiary/aromatic N) is 3. The lowest BCUT2D eigenvalue weighted by Crippen LogP contribution is -2.18. The van der Waals surface area contributed by atoms with Crippen molar-refractivity contribution in [1.29, 1.82) is 0 Å². The Morgan fingerprint density at radius 3 is 2.56 bits per heavy atom. The molecule has 0 aliphatic rings. The average Bonchev–Trinajstić information content (AvgIpc) is 2.99. The summed E-state index contributed by atoms with van der Waals surface area (Å²) in [6, 6.07) is 11.3. The number of hydrogen-bond donors (Lipinski definition) is 4. The van der Waals surface area contributed by atoms with Gasteiger partial charge in [-0.25, -0.2) is 13.1 Å². The van der Waals surface area contributed by atoms with Crippen molar-refractivity contribution >= 4 is 38.5 Å². The number of azo groups is 1. The third-order valence-corrected chi connectivity index (χ3v) is 5.34. The first-order valence-electron chi connectivity index (χ1n) is 7.89. The molecule has 0 bridgehead atoms. The molecule has 0 aliphatic heterocycles. The van der Waals surface area contributed by atoms with Gasteiger partial charge in [-0.05, 0) is 49.0 Å². The molecule has 0 saturated carbocycles. The fourth-order valence-electron chi connectivity index (χ4n) is 2.50. The van der Waals surface area contributed by atoms with Gasteiger partial charge in [-0.3, -0.25) is 0 Å². The fraction of sp³-hybridized carbons (Fsp3) is 0.118. The van der Waals surface area contributed by atoms with E-state index in [1.165, 1.54) is 37.5 Å². The second-order valence-electron chi connectivity index (χ2n) is 5.61. The Labute approximate surface area is 155 Å². The first kappa shape index (κ1) is 18.5. The van der Waals surface area contributed by atoms with Crippen LogP contribution in [0.5, 0.6) is 5.88 Å². The van der Waals surface area contributed by atoms with Crippen LogP contribution in [0.1, 0.15) is 5.56 Å². The Hall–Kier alpha value is -3.24. The summed E-state index contributed by atoms with van der Waals surface area (Å²) in [5.74, 6) is -0.129. The van der Waals surface area contributed by atoms with Crippen LogP contribution >= 0.6 is 0 Å². The van der Waals surface area contributed by atoms with Crippen molar-refractivity contribution in [3.63, 3.8) is 0 Å². The quantitative estimate of drug-likeness (QED) is 0.223. The highest BCUT2D eigenvalue weighted by Crippen LogP contribution is 2.36. The smallest absolute Gasteiger partial charge is 0.240 e. The van der Waals surface area contributed by atoms with Gasteiger partial charge >= 0.3 is 0 Å². The van der Waals surface area contributed by atoms with Crippen LogP contribution in [0.15, 0.2) is 62.7 Å². The predicted octanol–water partition coefficient (Wildman–Crippen LogP) is 3.20. The predicted molar refractivity (Wildman–Crippen MR) is 101 cm³/mol. The minimum absolute atomic E-state index is 0.120. The molecule has 0 saturated heterocycles. The number of benzene rings is 2. The summed E-state index contributed by atoms with van der Waals surface area (Å²) in [5, 5.41) is 30.4. The molecule has 0 fully saturated rings. The second kappa shape index (κ2) is 7.56. The third-order valence-electron chi connectivity index (χ3n) is 3.91. The summed E-state index contributed by atoms with van der Waals surface area (Å²) >= 11 is 0. The van der Waals surface area contributed by atoms with E-state index in [1.54, 1.807) is 6.07 Å². The van der Waals surface area contributed by atoms with Gasteiger partial charge in [0.15, 0.2) is 5.69 Å². The van der Waals surface area contributed by atoms with Gasteiger partial charge in [-0.15, -0.1) is 10.3 Å². The summed E-state index contributed by atoms with van der Waals surface area (Å²) in [7, 11) is -2.18. The van der Waals surface area contributed by atoms with E-state index in [2.05, 4.69) is 25.1 Å². The zero-order valence-electron chi connectivity index (χ0n) is 14.3. The van der Waals surface area contributed by atoms with Crippen LogP contribution in [0.3, 0.4) is 0 Å². The lowest BCUT2D eigenvalue weighted by atomic mass is 10.1. The van der Waals surface area contributed by atoms with Gasteiger partial charge in [0.25, 0.3) is 0 Å². The lowest BCUT2D eigenvalue weighted by Gasteiger charge is -2.01. The monoisotopic (exact) mass is 387 g/mol. The highest BCUT2D eigenvalue weighted by Gasteiger charge is 2.12. The topological polar surface area (TPSA) is 140 Å². The molecular formula is C17H17N5O4S. The minimum Gasteiger partial charge on any atom is -0.493 e. The number of sulfonamides is 1. The maximum Gasteiger partial charge on any atom is 0.240 e. The van der Waals surface area contributed by atoms with Crippen LogP contribution < -0.4 is 4.72 Å². The number of oxime groups is 1. The standard InChI is InChI=1S/C17H17N5O4S/c1-18-27(25,26)13-5-3-12(4-6-13)21-22-16-14-10-11(8-9-19-24)2-7-15(14)20-17(16)23/h2-7,9-10,18,20,23-24H,8H2,1H3. The van der Waals surface area contributed by atoms with Gasteiger partial charge in [0, 0.05) is 18.0 Å². The Morgan fingerprint density at radius 1 is 1.15 bits per heavy atom. The number of hydrogen-bond acceptors (Lipinski definition) is 7. The highest BCUT2D eigenvalue weighted by atomic mass is 32.2. The Kier molecular flexibility index (Phi) is 5.19. The van der Waals surface area contributed by atoms with Gasteiger partial charge in [-0.1, -0.05) is 6.07 Å². The molecule has 27 heavy (non-hydrogen) atoms. The molecule has 1 heterocycles. The van der Waals surface area contributed by atoms with E-state index in [0.29, 0.717) is 23.0 Å². The zero-order valence-corrected chi connectivity index (χ0v) is 15.1. The molecule has 0 amide bonds. The molecule has 0 aliphatic carbocycles. The van der Waals surface area contributed by atoms with Crippen LogP contribution in [-0.4, -0.2) is 37.0 Å². The summed E-state index contributed by atoms with van der Waals surface area (Å²) in [6.07, 6.45) is 1.78. The number of aromatic hydroxyl groups is 1. The normalized spacial score (nSPS) is 12.5. The molecule has 0 radical (unpaired) electrons. The van der Waals surface area contributed by atoms with Crippen molar-refractivity contribution in [2.45, 2.75) is 11.3 Å². The molecule has 0 unspecified atom stereocenters. The SMILES string of the molecule is CNS(=O)(=O)c1ccc(N=Nc2c(O)[nH]c3ccc(CC=NO)cc23)cc1.